The van der Waals surface area contributed by atoms with Crippen molar-refractivity contribution in [1.29, 1.82) is 0 Å². The van der Waals surface area contributed by atoms with Gasteiger partial charge in [-0.05, 0) is 30.3 Å². The standard InChI is InChI=1S/C20H15F2NO5/c21-16-7-6-14(10-17(16)22)23-18(24)12-28-20(25)19-13(8-9-26-19)11-27-15-4-2-1-3-5-15/h1-10H,11-12H2,(H,23,24). The third-order valence-corrected chi connectivity index (χ3v) is 3.61. The molecule has 0 saturated heterocycles. The Balaban J connectivity index is 1.53. The maximum Gasteiger partial charge on any atom is 0.375 e. The van der Waals surface area contributed by atoms with Gasteiger partial charge in [-0.2, -0.15) is 0 Å². The molecule has 0 atom stereocenters. The number of carbonyl (C=O) groups excluding carboxylic acids is 2. The summed E-state index contributed by atoms with van der Waals surface area (Å²) in [5, 5.41) is 2.29. The average molecular weight is 387 g/mol. The topological polar surface area (TPSA) is 77.8 Å². The van der Waals surface area contributed by atoms with E-state index in [1.165, 1.54) is 12.3 Å². The number of anilines is 1. The monoisotopic (exact) mass is 387 g/mol. The molecule has 0 saturated carbocycles. The average Bonchev–Trinajstić information content (AvgIpc) is 3.17. The molecule has 0 radical (unpaired) electrons. The highest BCUT2D eigenvalue weighted by molar-refractivity contribution is 5.95. The molecule has 0 aliphatic rings. The first-order chi connectivity index (χ1) is 13.5. The van der Waals surface area contributed by atoms with Gasteiger partial charge in [0.1, 0.15) is 12.4 Å². The Morgan fingerprint density at radius 2 is 1.79 bits per heavy atom. The quantitative estimate of drug-likeness (QED) is 0.622. The molecule has 2 aromatic carbocycles. The number of hydrogen-bond donors (Lipinski definition) is 1. The Hall–Kier alpha value is -3.68. The number of esters is 1. The normalized spacial score (nSPS) is 10.4. The number of amides is 1. The Labute approximate surface area is 158 Å². The molecule has 0 spiro atoms. The maximum atomic E-state index is 13.1. The summed E-state index contributed by atoms with van der Waals surface area (Å²) >= 11 is 0. The van der Waals surface area contributed by atoms with Crippen LogP contribution >= 0.6 is 0 Å². The third-order valence-electron chi connectivity index (χ3n) is 3.61. The van der Waals surface area contributed by atoms with Crippen LogP contribution in [0.25, 0.3) is 0 Å². The Morgan fingerprint density at radius 3 is 2.54 bits per heavy atom. The fourth-order valence-electron chi connectivity index (χ4n) is 2.27. The summed E-state index contributed by atoms with van der Waals surface area (Å²) in [5.41, 5.74) is 0.491. The Morgan fingerprint density at radius 1 is 1.00 bits per heavy atom. The Bertz CT molecular complexity index is 972. The van der Waals surface area contributed by atoms with Crippen molar-refractivity contribution < 1.29 is 32.3 Å². The molecule has 6 nitrogen and oxygen atoms in total. The lowest BCUT2D eigenvalue weighted by molar-refractivity contribution is -0.119. The lowest BCUT2D eigenvalue weighted by Gasteiger charge is -2.08. The van der Waals surface area contributed by atoms with Gasteiger partial charge in [0.15, 0.2) is 18.2 Å². The highest BCUT2D eigenvalue weighted by Crippen LogP contribution is 2.17. The molecule has 1 heterocycles. The summed E-state index contributed by atoms with van der Waals surface area (Å²) in [7, 11) is 0. The second-order valence-corrected chi connectivity index (χ2v) is 5.63. The number of halogens is 2. The molecule has 0 aliphatic heterocycles. The van der Waals surface area contributed by atoms with E-state index in [9.17, 15) is 18.4 Å². The van der Waals surface area contributed by atoms with Crippen molar-refractivity contribution in [3.05, 3.63) is 83.8 Å². The van der Waals surface area contributed by atoms with Gasteiger partial charge in [-0.3, -0.25) is 4.79 Å². The van der Waals surface area contributed by atoms with Crippen LogP contribution in [0.2, 0.25) is 0 Å². The molecule has 3 rings (SSSR count). The first kappa shape index (κ1) is 19.1. The molecular formula is C20H15F2NO5. The first-order valence-electron chi connectivity index (χ1n) is 8.19. The van der Waals surface area contributed by atoms with Crippen LogP contribution in [0.1, 0.15) is 16.1 Å². The zero-order chi connectivity index (χ0) is 19.9. The molecule has 1 N–H and O–H groups in total. The van der Waals surface area contributed by atoms with E-state index in [2.05, 4.69) is 5.32 Å². The van der Waals surface area contributed by atoms with Crippen molar-refractivity contribution in [3.63, 3.8) is 0 Å². The fourth-order valence-corrected chi connectivity index (χ4v) is 2.27. The van der Waals surface area contributed by atoms with Crippen LogP contribution in [0.5, 0.6) is 5.75 Å². The molecule has 3 aromatic rings. The van der Waals surface area contributed by atoms with Crippen LogP contribution in [0.4, 0.5) is 14.5 Å². The summed E-state index contributed by atoms with van der Waals surface area (Å²) in [6.45, 7) is -0.552. The van der Waals surface area contributed by atoms with Crippen LogP contribution < -0.4 is 10.1 Å². The predicted molar refractivity (Wildman–Crippen MR) is 94.8 cm³/mol. The summed E-state index contributed by atoms with van der Waals surface area (Å²) in [4.78, 5) is 24.0. The number of nitrogens with one attached hydrogen (secondary N) is 1. The largest absolute Gasteiger partial charge is 0.489 e. The molecular weight excluding hydrogens is 372 g/mol. The van der Waals surface area contributed by atoms with Gasteiger partial charge in [0.25, 0.3) is 5.91 Å². The fraction of sp³-hybridized carbons (Fsp3) is 0.100. The predicted octanol–water partition coefficient (Wildman–Crippen LogP) is 3.93. The van der Waals surface area contributed by atoms with Crippen molar-refractivity contribution in [2.75, 3.05) is 11.9 Å². The minimum atomic E-state index is -1.10. The van der Waals surface area contributed by atoms with Crippen molar-refractivity contribution in [2.24, 2.45) is 0 Å². The van der Waals surface area contributed by atoms with E-state index in [-0.39, 0.29) is 18.1 Å². The van der Waals surface area contributed by atoms with Crippen LogP contribution in [0.15, 0.2) is 65.3 Å². The van der Waals surface area contributed by atoms with E-state index >= 15 is 0 Å². The van der Waals surface area contributed by atoms with E-state index in [0.717, 1.165) is 12.1 Å². The number of hydrogen-bond acceptors (Lipinski definition) is 5. The van der Waals surface area contributed by atoms with Crippen LogP contribution in [-0.2, 0) is 16.1 Å². The molecule has 1 aromatic heterocycles. The van der Waals surface area contributed by atoms with E-state index in [4.69, 9.17) is 13.9 Å². The van der Waals surface area contributed by atoms with Gasteiger partial charge in [0.05, 0.1) is 6.26 Å². The van der Waals surface area contributed by atoms with Crippen LogP contribution in [-0.4, -0.2) is 18.5 Å². The third kappa shape index (κ3) is 4.94. The molecule has 1 amide bonds. The number of ether oxygens (including phenoxy) is 2. The summed E-state index contributed by atoms with van der Waals surface area (Å²) in [6, 6.07) is 13.4. The van der Waals surface area contributed by atoms with Crippen molar-refractivity contribution in [3.8, 4) is 5.75 Å². The minimum absolute atomic E-state index is 0.0369. The van der Waals surface area contributed by atoms with E-state index in [1.807, 2.05) is 18.2 Å². The van der Waals surface area contributed by atoms with Gasteiger partial charge < -0.3 is 19.2 Å². The van der Waals surface area contributed by atoms with Crippen LogP contribution in [0, 0.1) is 11.6 Å². The van der Waals surface area contributed by atoms with Gasteiger partial charge in [0.2, 0.25) is 5.76 Å². The van der Waals surface area contributed by atoms with Gasteiger partial charge in [0, 0.05) is 17.3 Å². The minimum Gasteiger partial charge on any atom is -0.489 e. The molecule has 8 heteroatoms. The molecule has 144 valence electrons. The number of para-hydroxylation sites is 1. The van der Waals surface area contributed by atoms with E-state index in [0.29, 0.717) is 11.3 Å². The van der Waals surface area contributed by atoms with Crippen molar-refractivity contribution in [2.45, 2.75) is 6.61 Å². The van der Waals surface area contributed by atoms with Gasteiger partial charge in [-0.25, -0.2) is 13.6 Å². The van der Waals surface area contributed by atoms with Crippen molar-refractivity contribution in [1.82, 2.24) is 0 Å². The van der Waals surface area contributed by atoms with E-state index < -0.39 is 30.1 Å². The van der Waals surface area contributed by atoms with E-state index in [1.54, 1.807) is 18.2 Å². The summed E-state index contributed by atoms with van der Waals surface area (Å²) < 4.78 is 41.6. The molecule has 0 fully saturated rings. The highest BCUT2D eigenvalue weighted by atomic mass is 19.2. The van der Waals surface area contributed by atoms with Crippen LogP contribution in [0.3, 0.4) is 0 Å². The molecule has 28 heavy (non-hydrogen) atoms. The van der Waals surface area contributed by atoms with Gasteiger partial charge >= 0.3 is 5.97 Å². The number of furan rings is 1. The first-order valence-corrected chi connectivity index (χ1v) is 8.19. The molecule has 0 unspecified atom stereocenters. The lowest BCUT2D eigenvalue weighted by atomic mass is 10.2. The molecule has 0 bridgehead atoms. The summed E-state index contributed by atoms with van der Waals surface area (Å²) in [6.07, 6.45) is 1.31. The smallest absolute Gasteiger partial charge is 0.375 e. The second-order valence-electron chi connectivity index (χ2n) is 5.63. The zero-order valence-corrected chi connectivity index (χ0v) is 14.5. The highest BCUT2D eigenvalue weighted by Gasteiger charge is 2.19. The number of carbonyl (C=O) groups is 2. The zero-order valence-electron chi connectivity index (χ0n) is 14.5. The van der Waals surface area contributed by atoms with Gasteiger partial charge in [-0.15, -0.1) is 0 Å². The second kappa shape index (κ2) is 8.81. The number of rotatable bonds is 7. The van der Waals surface area contributed by atoms with Crippen molar-refractivity contribution >= 4 is 17.6 Å². The number of benzene rings is 2. The van der Waals surface area contributed by atoms with Gasteiger partial charge in [-0.1, -0.05) is 18.2 Å². The SMILES string of the molecule is O=C(COC(=O)c1occc1COc1ccccc1)Nc1ccc(F)c(F)c1. The Kier molecular flexibility index (Phi) is 6.01. The maximum absolute atomic E-state index is 13.1. The summed E-state index contributed by atoms with van der Waals surface area (Å²) in [5.74, 6) is -3.17. The molecule has 0 aliphatic carbocycles. The lowest BCUT2D eigenvalue weighted by Crippen LogP contribution is -2.21.